The van der Waals surface area contributed by atoms with Crippen LogP contribution in [-0.2, 0) is 10.9 Å². The van der Waals surface area contributed by atoms with Gasteiger partial charge in [-0.25, -0.2) is 0 Å². The monoisotopic (exact) mass is 298 g/mol. The molecule has 0 radical (unpaired) electrons. The average molecular weight is 298 g/mol. The lowest BCUT2D eigenvalue weighted by atomic mass is 10.0. The highest BCUT2D eigenvalue weighted by Gasteiger charge is 2.34. The normalized spacial score (nSPS) is 22.6. The summed E-state index contributed by atoms with van der Waals surface area (Å²) in [5.74, 6) is 0. The molecule has 1 saturated heterocycles. The smallest absolute Gasteiger partial charge is 0.382 e. The molecule has 1 aromatic rings. The van der Waals surface area contributed by atoms with Crippen molar-refractivity contribution in [3.63, 3.8) is 0 Å². The minimum atomic E-state index is -4.52. The number of hydrogen-bond acceptors (Lipinski definition) is 3. The number of ether oxygens (including phenoxy) is 1. The summed E-state index contributed by atoms with van der Waals surface area (Å²) < 4.78 is 44.3. The maximum Gasteiger partial charge on any atom is 0.417 e. The quantitative estimate of drug-likeness (QED) is 0.919. The van der Waals surface area contributed by atoms with Crippen molar-refractivity contribution in [2.45, 2.75) is 44.5 Å². The number of hydrogen-bond donors (Lipinski definition) is 1. The van der Waals surface area contributed by atoms with Gasteiger partial charge in [-0.05, 0) is 37.5 Å². The number of anilines is 1. The highest BCUT2D eigenvalue weighted by Crippen LogP contribution is 2.34. The first-order valence-corrected chi connectivity index (χ1v) is 6.93. The number of benzene rings is 1. The number of halogens is 3. The van der Waals surface area contributed by atoms with E-state index in [0.29, 0.717) is 12.3 Å². The van der Waals surface area contributed by atoms with Crippen LogP contribution in [0.1, 0.15) is 37.3 Å². The fourth-order valence-corrected chi connectivity index (χ4v) is 2.50. The van der Waals surface area contributed by atoms with Crippen LogP contribution in [0.25, 0.3) is 0 Å². The summed E-state index contributed by atoms with van der Waals surface area (Å²) in [4.78, 5) is 0. The van der Waals surface area contributed by atoms with Crippen molar-refractivity contribution < 1.29 is 17.9 Å². The molecule has 1 aliphatic heterocycles. The van der Waals surface area contributed by atoms with Crippen LogP contribution < -0.4 is 5.32 Å². The van der Waals surface area contributed by atoms with Crippen molar-refractivity contribution >= 4 is 5.69 Å². The van der Waals surface area contributed by atoms with Gasteiger partial charge in [-0.1, -0.05) is 6.92 Å². The molecule has 114 valence electrons. The highest BCUT2D eigenvalue weighted by atomic mass is 19.4. The molecule has 0 saturated carbocycles. The number of alkyl halides is 3. The fourth-order valence-electron chi connectivity index (χ4n) is 2.50. The largest absolute Gasteiger partial charge is 0.417 e. The van der Waals surface area contributed by atoms with Crippen LogP contribution in [0.4, 0.5) is 18.9 Å². The predicted octanol–water partition coefficient (Wildman–Crippen LogP) is 3.95. The lowest BCUT2D eigenvalue weighted by molar-refractivity contribution is -0.137. The van der Waals surface area contributed by atoms with Crippen LogP contribution in [-0.4, -0.2) is 18.8 Å². The number of nitrogens with one attached hydrogen (secondary N) is 1. The van der Waals surface area contributed by atoms with E-state index in [1.165, 1.54) is 12.1 Å². The van der Waals surface area contributed by atoms with Crippen molar-refractivity contribution in [2.75, 3.05) is 11.9 Å². The van der Waals surface area contributed by atoms with Crippen LogP contribution in [0.15, 0.2) is 18.2 Å². The summed E-state index contributed by atoms with van der Waals surface area (Å²) in [7, 11) is 0. The van der Waals surface area contributed by atoms with Gasteiger partial charge in [0.05, 0.1) is 23.3 Å². The second-order valence-electron chi connectivity index (χ2n) is 5.14. The summed E-state index contributed by atoms with van der Waals surface area (Å²) in [6, 6.07) is 5.41. The van der Waals surface area contributed by atoms with E-state index in [2.05, 4.69) is 5.32 Å². The molecule has 0 bridgehead atoms. The van der Waals surface area contributed by atoms with E-state index >= 15 is 0 Å². The Hall–Kier alpha value is -1.74. The van der Waals surface area contributed by atoms with Gasteiger partial charge in [0.25, 0.3) is 0 Å². The Morgan fingerprint density at radius 1 is 1.43 bits per heavy atom. The van der Waals surface area contributed by atoms with E-state index < -0.39 is 11.7 Å². The van der Waals surface area contributed by atoms with Crippen LogP contribution in [0.2, 0.25) is 0 Å². The molecule has 1 fully saturated rings. The molecule has 1 aromatic carbocycles. The van der Waals surface area contributed by atoms with Gasteiger partial charge >= 0.3 is 6.18 Å². The Balaban J connectivity index is 2.16. The minimum absolute atomic E-state index is 0.0951. The Labute approximate surface area is 121 Å². The standard InChI is InChI=1S/C15H17F3N2O/c1-2-13-7-12(5-6-21-13)20-11-4-3-10(9-19)14(8-11)15(16,17)18/h3-4,8,12-13,20H,2,5-7H2,1H3. The van der Waals surface area contributed by atoms with Gasteiger partial charge in [0.15, 0.2) is 0 Å². The van der Waals surface area contributed by atoms with Crippen molar-refractivity contribution in [1.82, 2.24) is 0 Å². The van der Waals surface area contributed by atoms with Crippen LogP contribution in [0, 0.1) is 11.3 Å². The molecule has 2 rings (SSSR count). The molecule has 2 atom stereocenters. The lowest BCUT2D eigenvalue weighted by Crippen LogP contribution is -2.33. The second kappa shape index (κ2) is 6.35. The highest BCUT2D eigenvalue weighted by molar-refractivity contribution is 5.53. The van der Waals surface area contributed by atoms with Crippen molar-refractivity contribution in [3.8, 4) is 6.07 Å². The topological polar surface area (TPSA) is 45.0 Å². The Morgan fingerprint density at radius 3 is 2.81 bits per heavy atom. The van der Waals surface area contributed by atoms with Crippen LogP contribution in [0.3, 0.4) is 0 Å². The Morgan fingerprint density at radius 2 is 2.19 bits per heavy atom. The summed E-state index contributed by atoms with van der Waals surface area (Å²) in [5, 5.41) is 11.9. The molecule has 1 N–H and O–H groups in total. The molecular formula is C15H17F3N2O. The van der Waals surface area contributed by atoms with Crippen molar-refractivity contribution in [3.05, 3.63) is 29.3 Å². The SMILES string of the molecule is CCC1CC(Nc2ccc(C#N)c(C(F)(F)F)c2)CCO1. The third-order valence-electron chi connectivity index (χ3n) is 3.64. The summed E-state index contributed by atoms with van der Waals surface area (Å²) in [6.07, 6.45) is -1.95. The molecule has 0 amide bonds. The summed E-state index contributed by atoms with van der Waals surface area (Å²) in [6.45, 7) is 2.63. The molecule has 1 heterocycles. The molecular weight excluding hydrogens is 281 g/mol. The van der Waals surface area contributed by atoms with E-state index in [0.717, 1.165) is 25.3 Å². The Bertz CT molecular complexity index is 537. The maximum atomic E-state index is 12.9. The van der Waals surface area contributed by atoms with Crippen molar-refractivity contribution in [2.24, 2.45) is 0 Å². The first-order valence-electron chi connectivity index (χ1n) is 6.93. The molecule has 6 heteroatoms. The van der Waals surface area contributed by atoms with E-state index in [1.54, 1.807) is 6.07 Å². The zero-order chi connectivity index (χ0) is 15.5. The average Bonchev–Trinajstić information content (AvgIpc) is 2.46. The molecule has 0 aliphatic carbocycles. The van der Waals surface area contributed by atoms with Gasteiger partial charge in [0.2, 0.25) is 0 Å². The number of rotatable bonds is 3. The van der Waals surface area contributed by atoms with Gasteiger partial charge in [0, 0.05) is 18.3 Å². The predicted molar refractivity (Wildman–Crippen MR) is 72.8 cm³/mol. The van der Waals surface area contributed by atoms with Crippen LogP contribution in [0.5, 0.6) is 0 Å². The Kier molecular flexibility index (Phi) is 4.73. The van der Waals surface area contributed by atoms with Crippen LogP contribution >= 0.6 is 0 Å². The van der Waals surface area contributed by atoms with Gasteiger partial charge in [-0.2, -0.15) is 18.4 Å². The third kappa shape index (κ3) is 3.88. The van der Waals surface area contributed by atoms with Crippen molar-refractivity contribution in [1.29, 1.82) is 5.26 Å². The lowest BCUT2D eigenvalue weighted by Gasteiger charge is -2.30. The zero-order valence-corrected chi connectivity index (χ0v) is 11.7. The molecule has 2 unspecified atom stereocenters. The molecule has 21 heavy (non-hydrogen) atoms. The fraction of sp³-hybridized carbons (Fsp3) is 0.533. The van der Waals surface area contributed by atoms with E-state index in [1.807, 2.05) is 6.92 Å². The van der Waals surface area contributed by atoms with E-state index in [4.69, 9.17) is 10.00 Å². The molecule has 3 nitrogen and oxygen atoms in total. The molecule has 0 aromatic heterocycles. The first-order chi connectivity index (χ1) is 9.94. The number of nitriles is 1. The maximum absolute atomic E-state index is 12.9. The number of nitrogens with zero attached hydrogens (tertiary/aromatic N) is 1. The van der Waals surface area contributed by atoms with E-state index in [9.17, 15) is 13.2 Å². The molecule has 1 aliphatic rings. The molecule has 0 spiro atoms. The summed E-state index contributed by atoms with van der Waals surface area (Å²) >= 11 is 0. The van der Waals surface area contributed by atoms with E-state index in [-0.39, 0.29) is 17.7 Å². The van der Waals surface area contributed by atoms with Gasteiger partial charge in [0.1, 0.15) is 0 Å². The summed E-state index contributed by atoms with van der Waals surface area (Å²) in [5.41, 5.74) is -0.858. The second-order valence-corrected chi connectivity index (χ2v) is 5.14. The first kappa shape index (κ1) is 15.6. The minimum Gasteiger partial charge on any atom is -0.382 e. The van der Waals surface area contributed by atoms with Gasteiger partial charge < -0.3 is 10.1 Å². The third-order valence-corrected chi connectivity index (χ3v) is 3.64. The van der Waals surface area contributed by atoms with Gasteiger partial charge in [-0.3, -0.25) is 0 Å². The van der Waals surface area contributed by atoms with Gasteiger partial charge in [-0.15, -0.1) is 0 Å². The zero-order valence-electron chi connectivity index (χ0n) is 11.7.